The third kappa shape index (κ3) is 3.25. The van der Waals surface area contributed by atoms with Crippen LogP contribution in [0.4, 0.5) is 5.69 Å². The van der Waals surface area contributed by atoms with Crippen molar-refractivity contribution >= 4 is 23.7 Å². The zero-order valence-electron chi connectivity index (χ0n) is 17.6. The smallest absolute Gasteiger partial charge is 0.269 e. The summed E-state index contributed by atoms with van der Waals surface area (Å²) in [6.45, 7) is 0.281. The number of nitro groups is 1. The van der Waals surface area contributed by atoms with Crippen LogP contribution in [-0.4, -0.2) is 28.0 Å². The number of hydrogen-bond acceptors (Lipinski definition) is 6. The zero-order chi connectivity index (χ0) is 22.7. The lowest BCUT2D eigenvalue weighted by molar-refractivity contribution is -0.384. The lowest BCUT2D eigenvalue weighted by atomic mass is 9.63. The van der Waals surface area contributed by atoms with Gasteiger partial charge in [-0.1, -0.05) is 12.2 Å². The fraction of sp³-hybridized carbons (Fsp3) is 0.320. The first-order valence-electron chi connectivity index (χ1n) is 11.1. The third-order valence-electron chi connectivity index (χ3n) is 7.39. The van der Waals surface area contributed by atoms with E-state index in [-0.39, 0.29) is 47.8 Å². The van der Waals surface area contributed by atoms with Crippen molar-refractivity contribution in [1.29, 1.82) is 0 Å². The first kappa shape index (κ1) is 19.8. The minimum atomic E-state index is -0.439. The van der Waals surface area contributed by atoms with Crippen LogP contribution in [0.15, 0.2) is 65.8 Å². The van der Waals surface area contributed by atoms with E-state index in [1.165, 1.54) is 18.3 Å². The lowest BCUT2D eigenvalue weighted by Crippen LogP contribution is -2.40. The average Bonchev–Trinajstić information content (AvgIpc) is 3.62. The van der Waals surface area contributed by atoms with Crippen molar-refractivity contribution in [3.63, 3.8) is 0 Å². The molecule has 6 atom stereocenters. The van der Waals surface area contributed by atoms with Crippen molar-refractivity contribution in [2.75, 3.05) is 0 Å². The van der Waals surface area contributed by atoms with Gasteiger partial charge >= 0.3 is 0 Å². The third-order valence-corrected chi connectivity index (χ3v) is 7.39. The Labute approximate surface area is 189 Å². The van der Waals surface area contributed by atoms with Crippen molar-refractivity contribution in [2.45, 2.75) is 13.0 Å². The standard InChI is InChI=1S/C25H21N3O5/c29-24-22-18-9-10-19(21-11-20(18)21)23(22)25(30)27(24)26-12-14-3-7-17(8-4-14)33-13-15-1-5-16(6-2-15)28(31)32/h1-10,12,18-23H,11,13H2/b26-12-/t18-,19-,20-,21+,22-,23+/m1/s1. The number of carbonyl (C=O) groups is 2. The van der Waals surface area contributed by atoms with Crippen LogP contribution >= 0.6 is 0 Å². The number of hydrazone groups is 1. The maximum Gasteiger partial charge on any atom is 0.269 e. The second kappa shape index (κ2) is 7.37. The fourth-order valence-electron chi connectivity index (χ4n) is 5.71. The highest BCUT2D eigenvalue weighted by molar-refractivity contribution is 6.06. The van der Waals surface area contributed by atoms with E-state index in [4.69, 9.17) is 4.74 Å². The Morgan fingerprint density at radius 2 is 1.58 bits per heavy atom. The lowest BCUT2D eigenvalue weighted by Gasteiger charge is -2.37. The number of nitro benzene ring substituents is 1. The number of ether oxygens (including phenoxy) is 1. The molecule has 4 aliphatic carbocycles. The summed E-state index contributed by atoms with van der Waals surface area (Å²) in [6, 6.07) is 13.4. The van der Waals surface area contributed by atoms with Gasteiger partial charge < -0.3 is 4.74 Å². The monoisotopic (exact) mass is 443 g/mol. The van der Waals surface area contributed by atoms with Crippen molar-refractivity contribution in [3.05, 3.63) is 81.9 Å². The summed E-state index contributed by atoms with van der Waals surface area (Å²) in [6.07, 6.45) is 6.96. The van der Waals surface area contributed by atoms with Crippen molar-refractivity contribution in [3.8, 4) is 5.75 Å². The van der Waals surface area contributed by atoms with Crippen LogP contribution in [-0.2, 0) is 16.2 Å². The second-order valence-electron chi connectivity index (χ2n) is 9.17. The molecular formula is C25H21N3O5. The number of hydrogen-bond donors (Lipinski definition) is 0. The summed E-state index contributed by atoms with van der Waals surface area (Å²) in [5.74, 6) is 1.31. The van der Waals surface area contributed by atoms with E-state index in [9.17, 15) is 19.7 Å². The summed E-state index contributed by atoms with van der Waals surface area (Å²) < 4.78 is 5.73. The van der Waals surface area contributed by atoms with Crippen LogP contribution < -0.4 is 4.74 Å². The first-order valence-corrected chi connectivity index (χ1v) is 11.1. The quantitative estimate of drug-likeness (QED) is 0.223. The van der Waals surface area contributed by atoms with Gasteiger partial charge in [0.25, 0.3) is 17.5 Å². The average molecular weight is 443 g/mol. The van der Waals surface area contributed by atoms with Crippen LogP contribution in [0.2, 0.25) is 0 Å². The molecule has 2 amide bonds. The van der Waals surface area contributed by atoms with Crippen molar-refractivity contribution in [2.24, 2.45) is 40.6 Å². The maximum atomic E-state index is 13.0. The van der Waals surface area contributed by atoms with E-state index in [1.807, 2.05) is 0 Å². The molecule has 0 spiro atoms. The van der Waals surface area contributed by atoms with Crippen LogP contribution in [0.5, 0.6) is 5.75 Å². The highest BCUT2D eigenvalue weighted by atomic mass is 16.6. The van der Waals surface area contributed by atoms with E-state index in [0.29, 0.717) is 17.6 Å². The molecule has 7 rings (SSSR count). The Hall–Kier alpha value is -3.81. The van der Waals surface area contributed by atoms with Gasteiger partial charge in [-0.15, -0.1) is 0 Å². The molecule has 5 aliphatic rings. The molecule has 2 aromatic carbocycles. The van der Waals surface area contributed by atoms with E-state index in [2.05, 4.69) is 17.3 Å². The molecule has 3 fully saturated rings. The molecule has 0 N–H and O–H groups in total. The number of allylic oxidation sites excluding steroid dienone is 2. The normalized spacial score (nSPS) is 31.1. The summed E-state index contributed by atoms with van der Waals surface area (Å²) >= 11 is 0. The van der Waals surface area contributed by atoms with Crippen LogP contribution in [0.25, 0.3) is 0 Å². The minimum Gasteiger partial charge on any atom is -0.489 e. The highest BCUT2D eigenvalue weighted by Crippen LogP contribution is 2.65. The van der Waals surface area contributed by atoms with Gasteiger partial charge in [0.05, 0.1) is 23.0 Å². The molecule has 33 heavy (non-hydrogen) atoms. The highest BCUT2D eigenvalue weighted by Gasteiger charge is 2.67. The van der Waals surface area contributed by atoms with E-state index in [0.717, 1.165) is 22.6 Å². The fourth-order valence-corrected chi connectivity index (χ4v) is 5.71. The minimum absolute atomic E-state index is 0.0392. The molecule has 8 heteroatoms. The Morgan fingerprint density at radius 1 is 0.970 bits per heavy atom. The predicted molar refractivity (Wildman–Crippen MR) is 118 cm³/mol. The molecule has 0 aromatic heterocycles. The number of imide groups is 1. The summed E-state index contributed by atoms with van der Waals surface area (Å²) in [5, 5.41) is 16.1. The van der Waals surface area contributed by atoms with Gasteiger partial charge in [0, 0.05) is 12.1 Å². The topological polar surface area (TPSA) is 102 Å². The van der Waals surface area contributed by atoms with E-state index in [1.54, 1.807) is 36.4 Å². The molecule has 0 unspecified atom stereocenters. The maximum absolute atomic E-state index is 13.0. The van der Waals surface area contributed by atoms with Gasteiger partial charge in [-0.25, -0.2) is 0 Å². The van der Waals surface area contributed by atoms with Gasteiger partial charge in [-0.3, -0.25) is 19.7 Å². The Bertz CT molecular complexity index is 1170. The second-order valence-corrected chi connectivity index (χ2v) is 9.17. The van der Waals surface area contributed by atoms with Crippen LogP contribution in [0.3, 0.4) is 0 Å². The zero-order valence-corrected chi connectivity index (χ0v) is 17.6. The molecule has 1 saturated heterocycles. The molecule has 0 radical (unpaired) electrons. The molecular weight excluding hydrogens is 422 g/mol. The number of nitrogens with zero attached hydrogens (tertiary/aromatic N) is 3. The van der Waals surface area contributed by atoms with E-state index < -0.39 is 4.92 Å². The Balaban J connectivity index is 1.09. The largest absolute Gasteiger partial charge is 0.489 e. The molecule has 2 bridgehead atoms. The Kier molecular flexibility index (Phi) is 4.43. The molecule has 2 saturated carbocycles. The number of amides is 2. The number of non-ortho nitro benzene ring substituents is 1. The van der Waals surface area contributed by atoms with Gasteiger partial charge in [0.1, 0.15) is 12.4 Å². The van der Waals surface area contributed by atoms with Crippen LogP contribution in [0, 0.1) is 45.6 Å². The molecule has 166 valence electrons. The van der Waals surface area contributed by atoms with Gasteiger partial charge in [0.2, 0.25) is 0 Å². The molecule has 1 heterocycles. The number of carbonyl (C=O) groups excluding carboxylic acids is 2. The summed E-state index contributed by atoms with van der Waals surface area (Å²) in [7, 11) is 0. The number of rotatable bonds is 6. The molecule has 1 aliphatic heterocycles. The van der Waals surface area contributed by atoms with Crippen molar-refractivity contribution in [1.82, 2.24) is 5.01 Å². The SMILES string of the molecule is O=C1[C@@H]2[C@@H]3C=C[C@H]([C@@H]4C[C@H]34)[C@@H]2C(=O)N1/N=C\c1ccc(OCc2ccc([N+](=O)[O-])cc2)cc1. The van der Waals surface area contributed by atoms with Gasteiger partial charge in [0.15, 0.2) is 0 Å². The number of benzene rings is 2. The van der Waals surface area contributed by atoms with Crippen LogP contribution in [0.1, 0.15) is 17.5 Å². The Morgan fingerprint density at radius 3 is 2.15 bits per heavy atom. The summed E-state index contributed by atoms with van der Waals surface area (Å²) in [4.78, 5) is 36.2. The first-order chi connectivity index (χ1) is 16.0. The van der Waals surface area contributed by atoms with E-state index >= 15 is 0 Å². The van der Waals surface area contributed by atoms with Gasteiger partial charge in [-0.2, -0.15) is 10.1 Å². The van der Waals surface area contributed by atoms with Crippen molar-refractivity contribution < 1.29 is 19.2 Å². The summed E-state index contributed by atoms with van der Waals surface area (Å²) in [5.41, 5.74) is 1.61. The van der Waals surface area contributed by atoms with Gasteiger partial charge in [-0.05, 0) is 77.6 Å². The molecule has 2 aromatic rings. The predicted octanol–water partition coefficient (Wildman–Crippen LogP) is 3.56. The molecule has 8 nitrogen and oxygen atoms in total.